The van der Waals surface area contributed by atoms with Crippen LogP contribution in [0.5, 0.6) is 0 Å². The van der Waals surface area contributed by atoms with Crippen molar-refractivity contribution >= 4 is 47.0 Å². The maximum atomic E-state index is 2.53. The Morgan fingerprint density at radius 3 is 1.52 bits per heavy atom. The van der Waals surface area contributed by atoms with Gasteiger partial charge in [0, 0.05) is 16.7 Å². The van der Waals surface area contributed by atoms with E-state index in [2.05, 4.69) is 137 Å². The molecule has 148 valence electrons. The highest BCUT2D eigenvalue weighted by Gasteiger charge is 2.40. The Balaban J connectivity index is 1.67. The van der Waals surface area contributed by atoms with E-state index in [4.69, 9.17) is 0 Å². The third kappa shape index (κ3) is 3.00. The fourth-order valence-corrected chi connectivity index (χ4v) is 7.05. The van der Waals surface area contributed by atoms with Gasteiger partial charge >= 0.3 is 0 Å². The first-order chi connectivity index (χ1) is 15.4. The molecule has 6 rings (SSSR count). The summed E-state index contributed by atoms with van der Waals surface area (Å²) in [6, 6.07) is 45.7. The van der Waals surface area contributed by atoms with Crippen LogP contribution in [0, 0.1) is 0 Å². The molecule has 0 N–H and O–H groups in total. The Bertz CT molecular complexity index is 1280. The van der Waals surface area contributed by atoms with E-state index in [0.29, 0.717) is 0 Å². The second-order valence-electron chi connectivity index (χ2n) is 7.57. The first-order valence-electron chi connectivity index (χ1n) is 10.5. The van der Waals surface area contributed by atoms with Gasteiger partial charge in [0.05, 0.1) is 11.4 Å². The van der Waals surface area contributed by atoms with Crippen LogP contribution in [-0.2, 0) is 0 Å². The molecule has 3 heteroatoms. The van der Waals surface area contributed by atoms with E-state index in [1.165, 1.54) is 38.8 Å². The summed E-state index contributed by atoms with van der Waals surface area (Å²) in [5, 5.41) is 3.95. The third-order valence-corrected chi connectivity index (χ3v) is 8.17. The zero-order valence-corrected chi connectivity index (χ0v) is 17.9. The fourth-order valence-electron chi connectivity index (χ4n) is 4.35. The van der Waals surface area contributed by atoms with E-state index in [-0.39, 0.29) is 0 Å². The molecule has 1 aliphatic rings. The highest BCUT2D eigenvalue weighted by molar-refractivity contribution is 7.70. The summed E-state index contributed by atoms with van der Waals surface area (Å²) in [7, 11) is -0.880. The minimum Gasteiger partial charge on any atom is -0.296 e. The molecule has 0 amide bonds. The van der Waals surface area contributed by atoms with Gasteiger partial charge in [0.15, 0.2) is 0 Å². The average molecular weight is 416 g/mol. The molecule has 0 atom stereocenters. The molecule has 0 fully saturated rings. The molecule has 5 aromatic carbocycles. The number of benzene rings is 5. The Labute approximate surface area is 183 Å². The monoisotopic (exact) mass is 416 g/mol. The van der Waals surface area contributed by atoms with Crippen molar-refractivity contribution in [2.75, 3.05) is 9.34 Å². The molecule has 31 heavy (non-hydrogen) atoms. The molecule has 0 radical (unpaired) electrons. The Morgan fingerprint density at radius 2 is 0.903 bits per heavy atom. The van der Waals surface area contributed by atoms with Gasteiger partial charge in [-0.3, -0.25) is 9.34 Å². The van der Waals surface area contributed by atoms with Crippen LogP contribution in [-0.4, -0.2) is 0 Å². The molecule has 0 bridgehead atoms. The summed E-state index contributed by atoms with van der Waals surface area (Å²) in [6.45, 7) is 0. The van der Waals surface area contributed by atoms with Crippen LogP contribution in [0.15, 0.2) is 127 Å². The van der Waals surface area contributed by atoms with Crippen LogP contribution in [0.3, 0.4) is 0 Å². The Hall–Kier alpha value is -3.61. The lowest BCUT2D eigenvalue weighted by Gasteiger charge is -2.33. The van der Waals surface area contributed by atoms with Crippen molar-refractivity contribution < 1.29 is 0 Å². The van der Waals surface area contributed by atoms with Gasteiger partial charge in [0.1, 0.15) is 8.22 Å². The molecular formula is C28H21N2P. The molecule has 0 saturated carbocycles. The van der Waals surface area contributed by atoms with Crippen LogP contribution in [0.25, 0.3) is 10.8 Å². The minimum absolute atomic E-state index is 0.880. The normalized spacial score (nSPS) is 13.5. The zero-order chi connectivity index (χ0) is 20.6. The predicted molar refractivity (Wildman–Crippen MR) is 134 cm³/mol. The number of nitrogens with zero attached hydrogens (tertiary/aromatic N) is 2. The van der Waals surface area contributed by atoms with Crippen LogP contribution < -0.4 is 14.6 Å². The number of fused-ring (bicyclic) bond motifs is 2. The van der Waals surface area contributed by atoms with Crippen molar-refractivity contribution in [1.82, 2.24) is 0 Å². The van der Waals surface area contributed by atoms with Crippen LogP contribution in [0.2, 0.25) is 0 Å². The van der Waals surface area contributed by atoms with Gasteiger partial charge in [-0.05, 0) is 47.2 Å². The van der Waals surface area contributed by atoms with Gasteiger partial charge in [-0.1, -0.05) is 91.0 Å². The van der Waals surface area contributed by atoms with Crippen molar-refractivity contribution in [2.45, 2.75) is 0 Å². The Kier molecular flexibility index (Phi) is 4.44. The highest BCUT2D eigenvalue weighted by Crippen LogP contribution is 2.65. The van der Waals surface area contributed by atoms with Crippen molar-refractivity contribution in [1.29, 1.82) is 0 Å². The van der Waals surface area contributed by atoms with Gasteiger partial charge in [0.25, 0.3) is 0 Å². The molecule has 0 aliphatic carbocycles. The van der Waals surface area contributed by atoms with Crippen molar-refractivity contribution in [3.05, 3.63) is 127 Å². The van der Waals surface area contributed by atoms with Gasteiger partial charge < -0.3 is 0 Å². The molecule has 2 nitrogen and oxygen atoms in total. The molecule has 0 aromatic heterocycles. The summed E-state index contributed by atoms with van der Waals surface area (Å²) in [5.74, 6) is 0. The number of hydrogen-bond acceptors (Lipinski definition) is 2. The lowest BCUT2D eigenvalue weighted by Crippen LogP contribution is -2.22. The van der Waals surface area contributed by atoms with E-state index < -0.39 is 8.22 Å². The second-order valence-corrected chi connectivity index (χ2v) is 9.43. The van der Waals surface area contributed by atoms with E-state index in [1.807, 2.05) is 0 Å². The van der Waals surface area contributed by atoms with Gasteiger partial charge in [0.2, 0.25) is 0 Å². The van der Waals surface area contributed by atoms with Crippen LogP contribution >= 0.6 is 8.22 Å². The SMILES string of the molecule is c1ccc(N2c3ccccc3N(c3ccccc3)P2c2cccc3ccccc23)cc1. The molecule has 0 saturated heterocycles. The fraction of sp³-hybridized carbons (Fsp3) is 0. The summed E-state index contributed by atoms with van der Waals surface area (Å²) in [5.41, 5.74) is 4.92. The van der Waals surface area contributed by atoms with Crippen molar-refractivity contribution in [2.24, 2.45) is 0 Å². The topological polar surface area (TPSA) is 6.48 Å². The number of rotatable bonds is 3. The summed E-state index contributed by atoms with van der Waals surface area (Å²) < 4.78 is 5.05. The average Bonchev–Trinajstić information content (AvgIpc) is 3.20. The second kappa shape index (κ2) is 7.58. The smallest absolute Gasteiger partial charge is 0.139 e. The Morgan fingerprint density at radius 1 is 0.419 bits per heavy atom. The van der Waals surface area contributed by atoms with E-state index in [0.717, 1.165) is 0 Å². The summed E-state index contributed by atoms with van der Waals surface area (Å²) >= 11 is 0. The maximum Gasteiger partial charge on any atom is 0.139 e. The van der Waals surface area contributed by atoms with Gasteiger partial charge in [-0.25, -0.2) is 0 Å². The summed E-state index contributed by atoms with van der Waals surface area (Å²) in [4.78, 5) is 0. The number of para-hydroxylation sites is 4. The van der Waals surface area contributed by atoms with E-state index in [9.17, 15) is 0 Å². The summed E-state index contributed by atoms with van der Waals surface area (Å²) in [6.07, 6.45) is 0. The maximum absolute atomic E-state index is 2.53. The first-order valence-corrected chi connectivity index (χ1v) is 11.7. The number of anilines is 4. The lowest BCUT2D eigenvalue weighted by molar-refractivity contribution is 1.44. The molecule has 1 aliphatic heterocycles. The predicted octanol–water partition coefficient (Wildman–Crippen LogP) is 7.77. The van der Waals surface area contributed by atoms with Crippen LogP contribution in [0.4, 0.5) is 22.7 Å². The largest absolute Gasteiger partial charge is 0.296 e. The quantitative estimate of drug-likeness (QED) is 0.277. The third-order valence-electron chi connectivity index (χ3n) is 5.70. The molecule has 5 aromatic rings. The van der Waals surface area contributed by atoms with Crippen molar-refractivity contribution in [3.63, 3.8) is 0 Å². The van der Waals surface area contributed by atoms with E-state index in [1.54, 1.807) is 0 Å². The first kappa shape index (κ1) is 18.2. The minimum atomic E-state index is -0.880. The number of hydrogen-bond donors (Lipinski definition) is 0. The van der Waals surface area contributed by atoms with Crippen LogP contribution in [0.1, 0.15) is 0 Å². The zero-order valence-electron chi connectivity index (χ0n) is 17.0. The van der Waals surface area contributed by atoms with E-state index >= 15 is 0 Å². The van der Waals surface area contributed by atoms with Gasteiger partial charge in [-0.2, -0.15) is 0 Å². The molecule has 0 unspecified atom stereocenters. The molecular weight excluding hydrogens is 395 g/mol. The molecule has 1 heterocycles. The standard InChI is InChI=1S/C28H21N2P/c1-3-14-23(15-4-1)29-26-19-9-10-20-27(26)30(24-16-5-2-6-17-24)31(29)28-21-11-13-22-12-7-8-18-25(22)28/h1-21H. The molecule has 0 spiro atoms. The highest BCUT2D eigenvalue weighted by atomic mass is 31.1. The lowest BCUT2D eigenvalue weighted by atomic mass is 10.1. The van der Waals surface area contributed by atoms with Crippen molar-refractivity contribution in [3.8, 4) is 0 Å². The van der Waals surface area contributed by atoms with Gasteiger partial charge in [-0.15, -0.1) is 0 Å².